The van der Waals surface area contributed by atoms with Gasteiger partial charge in [-0.1, -0.05) is 354 Å². The first-order valence-electron chi connectivity index (χ1n) is 41.9. The number of aryl methyl sites for hydroxylation is 1. The number of fused-ring (bicyclic) bond motifs is 11. The largest absolute Gasteiger partial charge is 0.456 e. The first-order chi connectivity index (χ1) is 60.6. The minimum Gasteiger partial charge on any atom is -0.456 e. The van der Waals surface area contributed by atoms with Gasteiger partial charge in [0.05, 0.1) is 33.6 Å². The van der Waals surface area contributed by atoms with Gasteiger partial charge in [0, 0.05) is 83.0 Å². The van der Waals surface area contributed by atoms with Gasteiger partial charge in [0.1, 0.15) is 22.3 Å². The van der Waals surface area contributed by atoms with E-state index in [0.717, 1.165) is 123 Å². The SMILES string of the molecule is Cc1ccccc1C1(c2cccc3c2oc2c(C(C)(C)C)cccc23)c2ccccc2N(c2ccc(-c3nc(-c4ccccc4)nc(-c4ccccc4)n3)cc2)c2ccccc21.c1ccc(-c2nc(-c3ccccc3)nc(-c3ccc(N4c5ccccc5C(c5cccc6ccccc56)(c5cccc6c5oc5ccccc56)c5ccccc54)cc3)n2)cc1. The number of furan rings is 2. The molecule has 123 heavy (non-hydrogen) atoms. The lowest BCUT2D eigenvalue weighted by molar-refractivity contribution is 0.570. The Labute approximate surface area is 713 Å². The molecule has 0 N–H and O–H groups in total. The summed E-state index contributed by atoms with van der Waals surface area (Å²) in [5, 5.41) is 6.85. The molecule has 0 aliphatic carbocycles. The highest BCUT2D eigenvalue weighted by molar-refractivity contribution is 6.10. The monoisotopic (exact) mass is 1580 g/mol. The summed E-state index contributed by atoms with van der Waals surface area (Å²) >= 11 is 0. The van der Waals surface area contributed by atoms with Crippen LogP contribution in [0, 0.1) is 6.92 Å². The third-order valence-corrected chi connectivity index (χ3v) is 24.6. The van der Waals surface area contributed by atoms with Crippen molar-refractivity contribution >= 4 is 88.8 Å². The van der Waals surface area contributed by atoms with E-state index in [1.165, 1.54) is 55.3 Å². The van der Waals surface area contributed by atoms with Crippen LogP contribution >= 0.6 is 0 Å². The van der Waals surface area contributed by atoms with Crippen molar-refractivity contribution in [2.75, 3.05) is 9.80 Å². The fourth-order valence-electron chi connectivity index (χ4n) is 19.2. The molecule has 0 saturated heterocycles. The highest BCUT2D eigenvalue weighted by Gasteiger charge is 2.51. The van der Waals surface area contributed by atoms with Gasteiger partial charge < -0.3 is 18.6 Å². The first kappa shape index (κ1) is 73.6. The number of benzene rings is 17. The fourth-order valence-corrected chi connectivity index (χ4v) is 19.2. The Kier molecular flexibility index (Phi) is 17.9. The molecule has 0 unspecified atom stereocenters. The molecule has 2 aliphatic heterocycles. The third kappa shape index (κ3) is 12.2. The molecule has 23 rings (SSSR count). The number of nitrogens with zero attached hydrogens (tertiary/aromatic N) is 8. The predicted octanol–water partition coefficient (Wildman–Crippen LogP) is 28.6. The summed E-state index contributed by atoms with van der Waals surface area (Å²) < 4.78 is 14.2. The molecule has 4 aromatic heterocycles. The van der Waals surface area contributed by atoms with Gasteiger partial charge in [0.15, 0.2) is 34.9 Å². The van der Waals surface area contributed by atoms with Crippen molar-refractivity contribution in [3.05, 3.63) is 468 Å². The minimum absolute atomic E-state index is 0.0980. The molecule has 0 atom stereocenters. The zero-order valence-electron chi connectivity index (χ0n) is 68.2. The van der Waals surface area contributed by atoms with E-state index in [9.17, 15) is 0 Å². The lowest BCUT2D eigenvalue weighted by atomic mass is 9.61. The second-order valence-electron chi connectivity index (χ2n) is 32.7. The Morgan fingerprint density at radius 2 is 0.520 bits per heavy atom. The van der Waals surface area contributed by atoms with E-state index in [4.69, 9.17) is 38.7 Å². The maximum atomic E-state index is 7.22. The summed E-state index contributed by atoms with van der Waals surface area (Å²) in [4.78, 5) is 34.7. The number of rotatable bonds is 12. The van der Waals surface area contributed by atoms with Gasteiger partial charge in [-0.05, 0) is 141 Å². The van der Waals surface area contributed by atoms with Crippen LogP contribution in [-0.4, -0.2) is 29.9 Å². The van der Waals surface area contributed by atoms with Crippen molar-refractivity contribution in [1.82, 2.24) is 29.9 Å². The van der Waals surface area contributed by atoms with Crippen molar-refractivity contribution < 1.29 is 8.83 Å². The average molecular weight is 1580 g/mol. The van der Waals surface area contributed by atoms with Crippen molar-refractivity contribution in [2.45, 2.75) is 43.9 Å². The smallest absolute Gasteiger partial charge is 0.164 e. The Morgan fingerprint density at radius 3 is 0.951 bits per heavy atom. The summed E-state index contributed by atoms with van der Waals surface area (Å²) in [7, 11) is 0. The van der Waals surface area contributed by atoms with E-state index < -0.39 is 10.8 Å². The van der Waals surface area contributed by atoms with E-state index in [2.05, 4.69) is 323 Å². The number of anilines is 6. The van der Waals surface area contributed by atoms with Gasteiger partial charge in [-0.2, -0.15) is 0 Å². The molecular formula is C113H80N8O2. The Bertz CT molecular complexity index is 7410. The summed E-state index contributed by atoms with van der Waals surface area (Å²) in [5.41, 5.74) is 25.8. The molecule has 0 amide bonds. The second-order valence-corrected chi connectivity index (χ2v) is 32.7. The average Bonchev–Trinajstić information content (AvgIpc) is 1.63. The Morgan fingerprint density at radius 1 is 0.228 bits per heavy atom. The summed E-state index contributed by atoms with van der Waals surface area (Å²) in [6.45, 7) is 9.01. The van der Waals surface area contributed by atoms with Gasteiger partial charge in [0.2, 0.25) is 0 Å². The van der Waals surface area contributed by atoms with Crippen LogP contribution in [0.3, 0.4) is 0 Å². The van der Waals surface area contributed by atoms with Gasteiger partial charge in [0.25, 0.3) is 0 Å². The standard InChI is InChI=1S/C57H44N4O.C56H36N4O/c1-37-19-11-12-26-44(37)57(48-30-18-25-43-42-24-17-29-47(56(2,3)4)51(42)62-52(43)48)45-27-13-15-31-49(45)61(50-32-16-14-28-46(50)57)41-35-33-40(34-36-41)55-59-53(38-20-7-5-8-21-38)58-54(60-55)39-22-9-6-10-23-39;1-3-18-38(19-4-1)53-57-54(39-20-5-2-6-21-39)59-55(58-53)40-33-35-41(36-34-40)60-49-30-12-10-26-46(49)56(47-27-11-13-31-50(47)60,45-28-15-22-37-17-7-8-23-42(37)45)48-29-16-25-44-43-24-9-14-32-51(43)61-52(44)48/h5-36H,1-4H3;1-36H. The van der Waals surface area contributed by atoms with Crippen LogP contribution in [0.2, 0.25) is 0 Å². The molecule has 584 valence electrons. The molecule has 17 aromatic carbocycles. The zero-order valence-corrected chi connectivity index (χ0v) is 68.2. The van der Waals surface area contributed by atoms with Crippen molar-refractivity contribution in [3.63, 3.8) is 0 Å². The maximum Gasteiger partial charge on any atom is 0.164 e. The van der Waals surface area contributed by atoms with Crippen LogP contribution < -0.4 is 9.80 Å². The summed E-state index contributed by atoms with van der Waals surface area (Å²) in [6.07, 6.45) is 0. The number of hydrogen-bond donors (Lipinski definition) is 0. The van der Waals surface area contributed by atoms with Gasteiger partial charge in [-0.25, -0.2) is 29.9 Å². The lowest BCUT2D eigenvalue weighted by Crippen LogP contribution is -2.38. The van der Waals surface area contributed by atoms with Crippen LogP contribution in [0.5, 0.6) is 0 Å². The molecule has 10 nitrogen and oxygen atoms in total. The summed E-state index contributed by atoms with van der Waals surface area (Å²) in [6, 6.07) is 146. The molecule has 0 radical (unpaired) electrons. The van der Waals surface area contributed by atoms with Crippen LogP contribution in [0.15, 0.2) is 421 Å². The molecule has 0 fully saturated rings. The molecule has 0 saturated carbocycles. The second kappa shape index (κ2) is 29.9. The molecule has 10 heteroatoms. The Hall–Kier alpha value is -15.8. The van der Waals surface area contributed by atoms with Crippen LogP contribution in [-0.2, 0) is 16.2 Å². The molecular weight excluding hydrogens is 1500 g/mol. The minimum atomic E-state index is -0.759. The number of para-hydroxylation sites is 8. The van der Waals surface area contributed by atoms with E-state index in [0.29, 0.717) is 34.9 Å². The van der Waals surface area contributed by atoms with Gasteiger partial charge in [-0.15, -0.1) is 0 Å². The van der Waals surface area contributed by atoms with E-state index in [1.807, 2.05) is 127 Å². The van der Waals surface area contributed by atoms with Crippen LogP contribution in [0.25, 0.3) is 123 Å². The van der Waals surface area contributed by atoms with Crippen LogP contribution in [0.1, 0.15) is 76.4 Å². The van der Waals surface area contributed by atoms with E-state index in [-0.39, 0.29) is 5.41 Å². The van der Waals surface area contributed by atoms with Crippen molar-refractivity contribution in [3.8, 4) is 68.3 Å². The lowest BCUT2D eigenvalue weighted by Gasteiger charge is -2.46. The van der Waals surface area contributed by atoms with Crippen molar-refractivity contribution in [2.24, 2.45) is 0 Å². The van der Waals surface area contributed by atoms with Crippen molar-refractivity contribution in [1.29, 1.82) is 0 Å². The quantitative estimate of drug-likeness (QED) is 0.117. The molecule has 0 spiro atoms. The van der Waals surface area contributed by atoms with Gasteiger partial charge >= 0.3 is 0 Å². The van der Waals surface area contributed by atoms with Crippen LogP contribution in [0.4, 0.5) is 34.1 Å². The number of hydrogen-bond acceptors (Lipinski definition) is 10. The predicted molar refractivity (Wildman–Crippen MR) is 501 cm³/mol. The molecule has 6 heterocycles. The molecule has 21 aromatic rings. The summed E-state index contributed by atoms with van der Waals surface area (Å²) in [5.74, 6) is 3.79. The zero-order chi connectivity index (χ0) is 82.3. The van der Waals surface area contributed by atoms with E-state index >= 15 is 0 Å². The first-order valence-corrected chi connectivity index (χ1v) is 41.9. The Balaban J connectivity index is 0.000000147. The highest BCUT2D eigenvalue weighted by atomic mass is 16.3. The number of aromatic nitrogens is 6. The maximum absolute atomic E-state index is 7.22. The fraction of sp³-hybridized carbons (Fsp3) is 0.0619. The highest BCUT2D eigenvalue weighted by Crippen LogP contribution is 2.62. The topological polar surface area (TPSA) is 110 Å². The van der Waals surface area contributed by atoms with Gasteiger partial charge in [-0.3, -0.25) is 0 Å². The molecule has 2 aliphatic rings. The molecule has 0 bridgehead atoms. The third-order valence-electron chi connectivity index (χ3n) is 24.6. The van der Waals surface area contributed by atoms with E-state index in [1.54, 1.807) is 0 Å². The normalized spacial score (nSPS) is 13.1.